The summed E-state index contributed by atoms with van der Waals surface area (Å²) in [5.41, 5.74) is 1.45. The molecule has 0 radical (unpaired) electrons. The molecule has 3 rings (SSSR count). The van der Waals surface area contributed by atoms with E-state index in [2.05, 4.69) is 34.9 Å². The zero-order chi connectivity index (χ0) is 12.4. The standard InChI is InChI=1S/C15H22N2O/c1-18-13-4-2-11(3-5-13)14-10-15(14)17-12-6-8-16-9-7-12/h2-5,12,14-17H,6-10H2,1H3. The van der Waals surface area contributed by atoms with Crippen molar-refractivity contribution >= 4 is 0 Å². The lowest BCUT2D eigenvalue weighted by Crippen LogP contribution is -2.41. The minimum Gasteiger partial charge on any atom is -0.497 e. The van der Waals surface area contributed by atoms with Crippen molar-refractivity contribution in [1.82, 2.24) is 10.6 Å². The fourth-order valence-corrected chi connectivity index (χ4v) is 2.89. The van der Waals surface area contributed by atoms with Crippen LogP contribution in [-0.2, 0) is 0 Å². The van der Waals surface area contributed by atoms with Gasteiger partial charge in [-0.1, -0.05) is 12.1 Å². The Balaban J connectivity index is 1.53. The van der Waals surface area contributed by atoms with Crippen LogP contribution in [0.15, 0.2) is 24.3 Å². The highest BCUT2D eigenvalue weighted by molar-refractivity contribution is 5.33. The molecule has 0 spiro atoms. The van der Waals surface area contributed by atoms with Gasteiger partial charge in [-0.25, -0.2) is 0 Å². The summed E-state index contributed by atoms with van der Waals surface area (Å²) in [5, 5.41) is 7.21. The molecule has 1 aliphatic heterocycles. The van der Waals surface area contributed by atoms with Crippen molar-refractivity contribution in [3.63, 3.8) is 0 Å². The molecule has 1 aromatic carbocycles. The van der Waals surface area contributed by atoms with Crippen LogP contribution < -0.4 is 15.4 Å². The van der Waals surface area contributed by atoms with Gasteiger partial charge in [0.15, 0.2) is 0 Å². The topological polar surface area (TPSA) is 33.3 Å². The second kappa shape index (κ2) is 5.29. The summed E-state index contributed by atoms with van der Waals surface area (Å²) in [5.74, 6) is 1.66. The molecule has 18 heavy (non-hydrogen) atoms. The Morgan fingerprint density at radius 1 is 1.17 bits per heavy atom. The van der Waals surface area contributed by atoms with Gasteiger partial charge in [-0.3, -0.25) is 0 Å². The number of hydrogen-bond acceptors (Lipinski definition) is 3. The molecule has 2 unspecified atom stereocenters. The van der Waals surface area contributed by atoms with Crippen LogP contribution >= 0.6 is 0 Å². The molecule has 3 nitrogen and oxygen atoms in total. The zero-order valence-electron chi connectivity index (χ0n) is 11.0. The van der Waals surface area contributed by atoms with Gasteiger partial charge in [-0.2, -0.15) is 0 Å². The number of ether oxygens (including phenoxy) is 1. The minimum atomic E-state index is 0.696. The molecule has 0 aromatic heterocycles. The zero-order valence-corrected chi connectivity index (χ0v) is 11.0. The molecule has 3 heteroatoms. The Bertz CT molecular complexity index is 384. The van der Waals surface area contributed by atoms with Crippen molar-refractivity contribution in [3.05, 3.63) is 29.8 Å². The molecule has 1 aliphatic carbocycles. The van der Waals surface area contributed by atoms with Crippen LogP contribution in [0.4, 0.5) is 0 Å². The van der Waals surface area contributed by atoms with Crippen molar-refractivity contribution in [2.24, 2.45) is 0 Å². The van der Waals surface area contributed by atoms with E-state index in [1.807, 2.05) is 0 Å². The molecule has 98 valence electrons. The number of nitrogens with one attached hydrogen (secondary N) is 2. The van der Waals surface area contributed by atoms with E-state index in [1.54, 1.807) is 7.11 Å². The van der Waals surface area contributed by atoms with Crippen LogP contribution in [0.2, 0.25) is 0 Å². The van der Waals surface area contributed by atoms with Crippen LogP contribution in [0.25, 0.3) is 0 Å². The maximum absolute atomic E-state index is 5.20. The van der Waals surface area contributed by atoms with E-state index in [0.29, 0.717) is 12.0 Å². The molecule has 2 aliphatic rings. The SMILES string of the molecule is COc1ccc(C2CC2NC2CCNCC2)cc1. The molecule has 1 saturated carbocycles. The van der Waals surface area contributed by atoms with Crippen LogP contribution in [-0.4, -0.2) is 32.3 Å². The smallest absolute Gasteiger partial charge is 0.118 e. The maximum atomic E-state index is 5.20. The molecule has 2 atom stereocenters. The predicted molar refractivity (Wildman–Crippen MR) is 73.2 cm³/mol. The second-order valence-corrected chi connectivity index (χ2v) is 5.41. The van der Waals surface area contributed by atoms with Gasteiger partial charge in [0.1, 0.15) is 5.75 Å². The third kappa shape index (κ3) is 2.68. The van der Waals surface area contributed by atoms with E-state index in [-0.39, 0.29) is 0 Å². The fraction of sp³-hybridized carbons (Fsp3) is 0.600. The first-order valence-electron chi connectivity index (χ1n) is 6.97. The third-order valence-electron chi connectivity index (χ3n) is 4.12. The maximum Gasteiger partial charge on any atom is 0.118 e. The monoisotopic (exact) mass is 246 g/mol. The summed E-state index contributed by atoms with van der Waals surface area (Å²) < 4.78 is 5.20. The van der Waals surface area contributed by atoms with E-state index < -0.39 is 0 Å². The molecule has 1 aromatic rings. The first kappa shape index (κ1) is 12.0. The van der Waals surface area contributed by atoms with Gasteiger partial charge in [0.2, 0.25) is 0 Å². The average molecular weight is 246 g/mol. The fourth-order valence-electron chi connectivity index (χ4n) is 2.89. The number of hydrogen-bond donors (Lipinski definition) is 2. The Kier molecular flexibility index (Phi) is 3.52. The lowest BCUT2D eigenvalue weighted by atomic mass is 10.1. The van der Waals surface area contributed by atoms with Crippen LogP contribution in [0.3, 0.4) is 0 Å². The average Bonchev–Trinajstić information content (AvgIpc) is 3.19. The molecule has 1 heterocycles. The van der Waals surface area contributed by atoms with Crippen LogP contribution in [0.5, 0.6) is 5.75 Å². The summed E-state index contributed by atoms with van der Waals surface area (Å²) in [6.07, 6.45) is 3.83. The highest BCUT2D eigenvalue weighted by atomic mass is 16.5. The molecule has 0 amide bonds. The van der Waals surface area contributed by atoms with Gasteiger partial charge in [-0.15, -0.1) is 0 Å². The Hall–Kier alpha value is -1.06. The number of piperidine rings is 1. The van der Waals surface area contributed by atoms with Crippen molar-refractivity contribution in [2.45, 2.75) is 37.3 Å². The van der Waals surface area contributed by atoms with E-state index in [9.17, 15) is 0 Å². The van der Waals surface area contributed by atoms with Crippen LogP contribution in [0, 0.1) is 0 Å². The van der Waals surface area contributed by atoms with Crippen molar-refractivity contribution < 1.29 is 4.74 Å². The van der Waals surface area contributed by atoms with E-state index in [0.717, 1.165) is 24.9 Å². The van der Waals surface area contributed by atoms with E-state index in [1.165, 1.54) is 24.8 Å². The Morgan fingerprint density at radius 3 is 2.56 bits per heavy atom. The second-order valence-electron chi connectivity index (χ2n) is 5.41. The normalized spacial score (nSPS) is 28.1. The minimum absolute atomic E-state index is 0.696. The first-order chi connectivity index (χ1) is 8.86. The van der Waals surface area contributed by atoms with E-state index >= 15 is 0 Å². The van der Waals surface area contributed by atoms with Gasteiger partial charge in [0.05, 0.1) is 7.11 Å². The van der Waals surface area contributed by atoms with Crippen LogP contribution in [0.1, 0.15) is 30.7 Å². The lowest BCUT2D eigenvalue weighted by Gasteiger charge is -2.24. The molecule has 2 N–H and O–H groups in total. The van der Waals surface area contributed by atoms with Crippen molar-refractivity contribution in [1.29, 1.82) is 0 Å². The highest BCUT2D eigenvalue weighted by Gasteiger charge is 2.39. The summed E-state index contributed by atoms with van der Waals surface area (Å²) >= 11 is 0. The summed E-state index contributed by atoms with van der Waals surface area (Å²) in [6, 6.07) is 9.95. The van der Waals surface area contributed by atoms with Gasteiger partial charge < -0.3 is 15.4 Å². The summed E-state index contributed by atoms with van der Waals surface area (Å²) in [4.78, 5) is 0. The third-order valence-corrected chi connectivity index (χ3v) is 4.12. The number of rotatable bonds is 4. The largest absolute Gasteiger partial charge is 0.497 e. The summed E-state index contributed by atoms with van der Waals surface area (Å²) in [6.45, 7) is 2.33. The first-order valence-corrected chi connectivity index (χ1v) is 6.97. The molecule has 1 saturated heterocycles. The van der Waals surface area contributed by atoms with Gasteiger partial charge in [0, 0.05) is 18.0 Å². The molecular weight excluding hydrogens is 224 g/mol. The lowest BCUT2D eigenvalue weighted by molar-refractivity contribution is 0.383. The van der Waals surface area contributed by atoms with Gasteiger partial charge >= 0.3 is 0 Å². The van der Waals surface area contributed by atoms with Gasteiger partial charge in [0.25, 0.3) is 0 Å². The molecule has 2 fully saturated rings. The molecule has 0 bridgehead atoms. The quantitative estimate of drug-likeness (QED) is 0.851. The van der Waals surface area contributed by atoms with Crippen molar-refractivity contribution in [2.75, 3.05) is 20.2 Å². The number of benzene rings is 1. The Labute approximate surface area is 109 Å². The highest BCUT2D eigenvalue weighted by Crippen LogP contribution is 2.41. The van der Waals surface area contributed by atoms with E-state index in [4.69, 9.17) is 4.74 Å². The van der Waals surface area contributed by atoms with Gasteiger partial charge in [-0.05, 0) is 50.0 Å². The van der Waals surface area contributed by atoms with Crippen molar-refractivity contribution in [3.8, 4) is 5.75 Å². The Morgan fingerprint density at radius 2 is 1.89 bits per heavy atom. The molecular formula is C15H22N2O. The summed E-state index contributed by atoms with van der Waals surface area (Å²) in [7, 11) is 1.72. The number of methoxy groups -OCH3 is 1. The predicted octanol–water partition coefficient (Wildman–Crippen LogP) is 1.89.